The van der Waals surface area contributed by atoms with E-state index in [4.69, 9.17) is 0 Å². The molecule has 1 rings (SSSR count). The lowest BCUT2D eigenvalue weighted by molar-refractivity contribution is 0.252. The van der Waals surface area contributed by atoms with Crippen LogP contribution in [0, 0.1) is 0 Å². The predicted molar refractivity (Wildman–Crippen MR) is 40.4 cm³/mol. The fourth-order valence-corrected chi connectivity index (χ4v) is 0.925. The van der Waals surface area contributed by atoms with Crippen molar-refractivity contribution < 1.29 is 4.79 Å². The second-order valence-corrected chi connectivity index (χ2v) is 2.44. The van der Waals surface area contributed by atoms with Crippen LogP contribution < -0.4 is 5.32 Å². The third-order valence-corrected chi connectivity index (χ3v) is 1.52. The van der Waals surface area contributed by atoms with Gasteiger partial charge in [0.15, 0.2) is 0 Å². The Kier molecular flexibility index (Phi) is 2.42. The standard InChI is InChI=1S/C7H12N2O/c1-2-3-4-6-5-8-7(10)9-6/h2-5H2,1H3,(H,8,10). The van der Waals surface area contributed by atoms with Crippen molar-refractivity contribution in [1.29, 1.82) is 0 Å². The van der Waals surface area contributed by atoms with Crippen molar-refractivity contribution in [3.63, 3.8) is 0 Å². The molecule has 0 bridgehead atoms. The molecule has 0 aromatic carbocycles. The van der Waals surface area contributed by atoms with E-state index in [2.05, 4.69) is 17.2 Å². The van der Waals surface area contributed by atoms with Crippen molar-refractivity contribution in [3.8, 4) is 0 Å². The molecule has 10 heavy (non-hydrogen) atoms. The average Bonchev–Trinajstić information content (AvgIpc) is 2.31. The quantitative estimate of drug-likeness (QED) is 0.631. The number of nitrogens with one attached hydrogen (secondary N) is 1. The third kappa shape index (κ3) is 1.83. The number of carbonyl (C=O) groups is 1. The van der Waals surface area contributed by atoms with E-state index in [1.807, 2.05) is 0 Å². The highest BCUT2D eigenvalue weighted by Gasteiger charge is 2.10. The summed E-state index contributed by atoms with van der Waals surface area (Å²) in [5, 5.41) is 2.64. The predicted octanol–water partition coefficient (Wildman–Crippen LogP) is 1.34. The SMILES string of the molecule is CCCCC1=NC(=O)NC1. The van der Waals surface area contributed by atoms with E-state index in [0.29, 0.717) is 6.54 Å². The minimum atomic E-state index is -0.175. The van der Waals surface area contributed by atoms with Crippen LogP contribution in [0.15, 0.2) is 4.99 Å². The number of hydrogen-bond donors (Lipinski definition) is 1. The Morgan fingerprint density at radius 3 is 3.00 bits per heavy atom. The molecule has 0 aromatic heterocycles. The highest BCUT2D eigenvalue weighted by molar-refractivity contribution is 6.02. The van der Waals surface area contributed by atoms with Crippen LogP contribution in [0.2, 0.25) is 0 Å². The lowest BCUT2D eigenvalue weighted by Gasteiger charge is -1.93. The zero-order valence-electron chi connectivity index (χ0n) is 6.18. The van der Waals surface area contributed by atoms with E-state index in [1.165, 1.54) is 0 Å². The lowest BCUT2D eigenvalue weighted by atomic mass is 10.2. The molecule has 1 aliphatic heterocycles. The number of aliphatic imine (C=N–C) groups is 1. The van der Waals surface area contributed by atoms with Gasteiger partial charge in [-0.05, 0) is 12.8 Å². The molecule has 3 heteroatoms. The average molecular weight is 140 g/mol. The van der Waals surface area contributed by atoms with Gasteiger partial charge < -0.3 is 5.32 Å². The molecule has 0 unspecified atom stereocenters. The number of amides is 2. The highest BCUT2D eigenvalue weighted by Crippen LogP contribution is 2.00. The topological polar surface area (TPSA) is 41.5 Å². The number of urea groups is 1. The molecule has 3 nitrogen and oxygen atoms in total. The molecule has 0 atom stereocenters. The van der Waals surface area contributed by atoms with Crippen LogP contribution in [0.1, 0.15) is 26.2 Å². The first-order chi connectivity index (χ1) is 4.83. The summed E-state index contributed by atoms with van der Waals surface area (Å²) in [7, 11) is 0. The molecule has 0 aliphatic carbocycles. The summed E-state index contributed by atoms with van der Waals surface area (Å²) in [6.45, 7) is 2.80. The molecule has 1 aliphatic rings. The van der Waals surface area contributed by atoms with Crippen LogP contribution in [-0.2, 0) is 0 Å². The van der Waals surface area contributed by atoms with Gasteiger partial charge in [0, 0.05) is 5.71 Å². The van der Waals surface area contributed by atoms with Gasteiger partial charge in [-0.2, -0.15) is 0 Å². The van der Waals surface area contributed by atoms with Crippen LogP contribution >= 0.6 is 0 Å². The van der Waals surface area contributed by atoms with Crippen molar-refractivity contribution in [2.24, 2.45) is 4.99 Å². The van der Waals surface area contributed by atoms with Crippen LogP contribution in [0.25, 0.3) is 0 Å². The van der Waals surface area contributed by atoms with Crippen LogP contribution in [0.5, 0.6) is 0 Å². The first kappa shape index (κ1) is 7.25. The fraction of sp³-hybridized carbons (Fsp3) is 0.714. The minimum absolute atomic E-state index is 0.175. The van der Waals surface area contributed by atoms with Gasteiger partial charge in [0.1, 0.15) is 0 Å². The van der Waals surface area contributed by atoms with Gasteiger partial charge in [-0.1, -0.05) is 13.3 Å². The second kappa shape index (κ2) is 3.34. The number of hydrogen-bond acceptors (Lipinski definition) is 1. The first-order valence-corrected chi connectivity index (χ1v) is 3.67. The Balaban J connectivity index is 2.28. The van der Waals surface area contributed by atoms with E-state index in [9.17, 15) is 4.79 Å². The van der Waals surface area contributed by atoms with Gasteiger partial charge in [-0.3, -0.25) is 0 Å². The second-order valence-electron chi connectivity index (χ2n) is 2.44. The Bertz CT molecular complexity index is 163. The van der Waals surface area contributed by atoms with E-state index in [0.717, 1.165) is 25.0 Å². The van der Waals surface area contributed by atoms with Gasteiger partial charge >= 0.3 is 6.03 Å². The smallest absolute Gasteiger partial charge is 0.331 e. The molecule has 0 saturated heterocycles. The van der Waals surface area contributed by atoms with Crippen LogP contribution in [-0.4, -0.2) is 18.3 Å². The molecule has 0 saturated carbocycles. The molecule has 0 spiro atoms. The van der Waals surface area contributed by atoms with Gasteiger partial charge in [0.05, 0.1) is 6.54 Å². The van der Waals surface area contributed by atoms with Gasteiger partial charge in [0.25, 0.3) is 0 Å². The van der Waals surface area contributed by atoms with Crippen molar-refractivity contribution in [3.05, 3.63) is 0 Å². The van der Waals surface area contributed by atoms with E-state index in [-0.39, 0.29) is 6.03 Å². The molecular formula is C7H12N2O. The molecule has 0 fully saturated rings. The zero-order chi connectivity index (χ0) is 7.40. The monoisotopic (exact) mass is 140 g/mol. The Hall–Kier alpha value is -0.860. The molecule has 0 aromatic rings. The Morgan fingerprint density at radius 1 is 1.70 bits per heavy atom. The maximum Gasteiger partial charge on any atom is 0.341 e. The first-order valence-electron chi connectivity index (χ1n) is 3.67. The summed E-state index contributed by atoms with van der Waals surface area (Å²) < 4.78 is 0. The van der Waals surface area contributed by atoms with Crippen molar-refractivity contribution in [2.45, 2.75) is 26.2 Å². The fourth-order valence-electron chi connectivity index (χ4n) is 0.925. The minimum Gasteiger partial charge on any atom is -0.331 e. The van der Waals surface area contributed by atoms with E-state index in [1.54, 1.807) is 0 Å². The summed E-state index contributed by atoms with van der Waals surface area (Å²) in [4.78, 5) is 14.3. The van der Waals surface area contributed by atoms with Gasteiger partial charge in [0.2, 0.25) is 0 Å². The van der Waals surface area contributed by atoms with Gasteiger partial charge in [-0.25, -0.2) is 9.79 Å². The molecule has 0 radical (unpaired) electrons. The van der Waals surface area contributed by atoms with Crippen molar-refractivity contribution >= 4 is 11.7 Å². The summed E-state index contributed by atoms with van der Waals surface area (Å²) in [6, 6.07) is -0.175. The summed E-state index contributed by atoms with van der Waals surface area (Å²) in [5.74, 6) is 0. The Labute approximate surface area is 60.5 Å². The number of nitrogens with zero attached hydrogens (tertiary/aromatic N) is 1. The highest BCUT2D eigenvalue weighted by atomic mass is 16.2. The largest absolute Gasteiger partial charge is 0.341 e. The summed E-state index contributed by atoms with van der Waals surface area (Å²) >= 11 is 0. The maximum absolute atomic E-state index is 10.5. The number of rotatable bonds is 3. The van der Waals surface area contributed by atoms with Crippen molar-refractivity contribution in [2.75, 3.05) is 6.54 Å². The van der Waals surface area contributed by atoms with E-state index < -0.39 is 0 Å². The van der Waals surface area contributed by atoms with Crippen molar-refractivity contribution in [1.82, 2.24) is 5.32 Å². The van der Waals surface area contributed by atoms with Crippen LogP contribution in [0.4, 0.5) is 4.79 Å². The summed E-state index contributed by atoms with van der Waals surface area (Å²) in [5.41, 5.74) is 1.01. The maximum atomic E-state index is 10.5. The molecule has 1 N–H and O–H groups in total. The zero-order valence-corrected chi connectivity index (χ0v) is 6.18. The number of carbonyl (C=O) groups excluding carboxylic acids is 1. The third-order valence-electron chi connectivity index (χ3n) is 1.52. The van der Waals surface area contributed by atoms with Gasteiger partial charge in [-0.15, -0.1) is 0 Å². The van der Waals surface area contributed by atoms with E-state index >= 15 is 0 Å². The van der Waals surface area contributed by atoms with Crippen LogP contribution in [0.3, 0.4) is 0 Å². The molecule has 1 heterocycles. The summed E-state index contributed by atoms with van der Waals surface area (Å²) in [6.07, 6.45) is 3.26. The molecule has 2 amide bonds. The molecular weight excluding hydrogens is 128 g/mol. The molecule has 56 valence electrons. The lowest BCUT2D eigenvalue weighted by Crippen LogP contribution is -2.16. The number of unbranched alkanes of at least 4 members (excludes halogenated alkanes) is 1. The Morgan fingerprint density at radius 2 is 2.50 bits per heavy atom. The normalized spacial score (nSPS) is 16.9.